The van der Waals surface area contributed by atoms with Gasteiger partial charge in [0.05, 0.1) is 23.6 Å². The van der Waals surface area contributed by atoms with E-state index in [-0.39, 0.29) is 28.0 Å². The van der Waals surface area contributed by atoms with Crippen molar-refractivity contribution in [1.29, 1.82) is 0 Å². The lowest BCUT2D eigenvalue weighted by Crippen LogP contribution is -2.42. The molecule has 9 heteroatoms. The fraction of sp³-hybridized carbons (Fsp3) is 0.312. The maximum atomic E-state index is 12.5. The van der Waals surface area contributed by atoms with E-state index in [1.807, 2.05) is 0 Å². The SMILES string of the molecule is CCOC(=O)[C@H](C)N1C(=O)S/C(=C\c2cc(Cl)c(O)c(OC)c2)C1=O. The van der Waals surface area contributed by atoms with Crippen molar-refractivity contribution in [3.8, 4) is 11.5 Å². The van der Waals surface area contributed by atoms with Crippen molar-refractivity contribution in [3.05, 3.63) is 27.6 Å². The molecule has 1 heterocycles. The number of esters is 1. The summed E-state index contributed by atoms with van der Waals surface area (Å²) in [6.07, 6.45) is 1.44. The molecule has 7 nitrogen and oxygen atoms in total. The Balaban J connectivity index is 2.32. The summed E-state index contributed by atoms with van der Waals surface area (Å²) >= 11 is 6.62. The number of hydrogen-bond acceptors (Lipinski definition) is 7. The van der Waals surface area contributed by atoms with Gasteiger partial charge >= 0.3 is 5.97 Å². The summed E-state index contributed by atoms with van der Waals surface area (Å²) < 4.78 is 9.85. The molecule has 0 aliphatic carbocycles. The third kappa shape index (κ3) is 3.91. The van der Waals surface area contributed by atoms with Crippen molar-refractivity contribution in [2.45, 2.75) is 19.9 Å². The number of carbonyl (C=O) groups excluding carboxylic acids is 3. The lowest BCUT2D eigenvalue weighted by molar-refractivity contribution is -0.150. The van der Waals surface area contributed by atoms with Crippen LogP contribution in [0.25, 0.3) is 6.08 Å². The molecule has 0 spiro atoms. The molecule has 0 saturated carbocycles. The number of rotatable bonds is 5. The molecule has 2 rings (SSSR count). The van der Waals surface area contributed by atoms with E-state index in [1.165, 1.54) is 32.2 Å². The Morgan fingerprint density at radius 3 is 2.72 bits per heavy atom. The van der Waals surface area contributed by atoms with Crippen LogP contribution in [-0.4, -0.2) is 46.9 Å². The van der Waals surface area contributed by atoms with E-state index in [4.69, 9.17) is 21.1 Å². The monoisotopic (exact) mass is 385 g/mol. The minimum absolute atomic E-state index is 0.0460. The van der Waals surface area contributed by atoms with E-state index in [0.29, 0.717) is 17.3 Å². The molecule has 1 atom stereocenters. The molecule has 1 fully saturated rings. The molecule has 1 aliphatic heterocycles. The smallest absolute Gasteiger partial charge is 0.329 e. The predicted molar refractivity (Wildman–Crippen MR) is 93.6 cm³/mol. The van der Waals surface area contributed by atoms with Crippen molar-refractivity contribution in [2.75, 3.05) is 13.7 Å². The van der Waals surface area contributed by atoms with Gasteiger partial charge in [-0.05, 0) is 49.4 Å². The average Bonchev–Trinajstić information content (AvgIpc) is 2.84. The standard InChI is InChI=1S/C16H16ClNO6S/c1-4-24-15(21)8(2)18-14(20)12(25-16(18)22)7-9-5-10(17)13(19)11(6-9)23-3/h5-8,19H,4H2,1-3H3/b12-7-/t8-/m0/s1. The molecule has 1 N–H and O–H groups in total. The van der Waals surface area contributed by atoms with Gasteiger partial charge in [0.2, 0.25) is 0 Å². The molecule has 2 amide bonds. The molecule has 1 aromatic carbocycles. The van der Waals surface area contributed by atoms with E-state index < -0.39 is 23.2 Å². The molecule has 1 aliphatic rings. The number of phenols is 1. The summed E-state index contributed by atoms with van der Waals surface area (Å²) in [5.74, 6) is -1.33. The predicted octanol–water partition coefficient (Wildman–Crippen LogP) is 3.04. The van der Waals surface area contributed by atoms with Crippen LogP contribution in [0, 0.1) is 0 Å². The lowest BCUT2D eigenvalue weighted by atomic mass is 10.1. The highest BCUT2D eigenvalue weighted by Gasteiger charge is 2.41. The summed E-state index contributed by atoms with van der Waals surface area (Å²) in [7, 11) is 1.37. The molecule has 25 heavy (non-hydrogen) atoms. The fourth-order valence-corrected chi connectivity index (χ4v) is 3.29. The summed E-state index contributed by atoms with van der Waals surface area (Å²) in [6.45, 7) is 3.22. The number of hydrogen-bond donors (Lipinski definition) is 1. The van der Waals surface area contributed by atoms with Gasteiger partial charge in [-0.2, -0.15) is 0 Å². The Morgan fingerprint density at radius 2 is 2.12 bits per heavy atom. The van der Waals surface area contributed by atoms with E-state index >= 15 is 0 Å². The number of benzene rings is 1. The number of phenolic OH excluding ortho intramolecular Hbond substituents is 1. The van der Waals surface area contributed by atoms with E-state index in [9.17, 15) is 19.5 Å². The van der Waals surface area contributed by atoms with Crippen LogP contribution in [0.4, 0.5) is 4.79 Å². The number of aromatic hydroxyl groups is 1. The number of ether oxygens (including phenoxy) is 2. The van der Waals surface area contributed by atoms with Crippen molar-refractivity contribution in [1.82, 2.24) is 4.90 Å². The number of carbonyl (C=O) groups is 3. The number of nitrogens with zero attached hydrogens (tertiary/aromatic N) is 1. The van der Waals surface area contributed by atoms with E-state index in [2.05, 4.69) is 0 Å². The number of amides is 2. The van der Waals surface area contributed by atoms with E-state index in [0.717, 1.165) is 4.90 Å². The molecule has 0 bridgehead atoms. The van der Waals surface area contributed by atoms with Crippen molar-refractivity contribution < 1.29 is 29.0 Å². The second kappa shape index (κ2) is 7.79. The van der Waals surface area contributed by atoms with Crippen LogP contribution < -0.4 is 4.74 Å². The fourth-order valence-electron chi connectivity index (χ4n) is 2.17. The molecule has 0 radical (unpaired) electrons. The first kappa shape index (κ1) is 19.1. The summed E-state index contributed by atoms with van der Waals surface area (Å²) in [5.41, 5.74) is 0.467. The van der Waals surface area contributed by atoms with Gasteiger partial charge in [-0.15, -0.1) is 0 Å². The van der Waals surface area contributed by atoms with Gasteiger partial charge in [0.25, 0.3) is 11.1 Å². The summed E-state index contributed by atoms with van der Waals surface area (Å²) in [5, 5.41) is 9.22. The Kier molecular flexibility index (Phi) is 5.97. The molecule has 134 valence electrons. The van der Waals surface area contributed by atoms with Gasteiger partial charge < -0.3 is 14.6 Å². The number of thioether (sulfide) groups is 1. The zero-order valence-electron chi connectivity index (χ0n) is 13.7. The number of imide groups is 1. The molecule has 1 aromatic rings. The Labute approximate surface area is 153 Å². The summed E-state index contributed by atoms with van der Waals surface area (Å²) in [6, 6.07) is 1.89. The van der Waals surface area contributed by atoms with Crippen molar-refractivity contribution in [3.63, 3.8) is 0 Å². The third-order valence-electron chi connectivity index (χ3n) is 3.41. The molecule has 0 unspecified atom stereocenters. The van der Waals surface area contributed by atoms with Crippen LogP contribution in [0.2, 0.25) is 5.02 Å². The van der Waals surface area contributed by atoms with Crippen LogP contribution in [0.15, 0.2) is 17.0 Å². The van der Waals surface area contributed by atoms with Crippen LogP contribution in [0.1, 0.15) is 19.4 Å². The van der Waals surface area contributed by atoms with Crippen LogP contribution in [-0.2, 0) is 14.3 Å². The molecule has 1 saturated heterocycles. The highest BCUT2D eigenvalue weighted by molar-refractivity contribution is 8.18. The normalized spacial score (nSPS) is 17.1. The maximum Gasteiger partial charge on any atom is 0.329 e. The van der Waals surface area contributed by atoms with Gasteiger partial charge in [-0.25, -0.2) is 4.79 Å². The number of methoxy groups -OCH3 is 1. The Bertz CT molecular complexity index is 763. The Morgan fingerprint density at radius 1 is 1.44 bits per heavy atom. The van der Waals surface area contributed by atoms with Gasteiger partial charge in [-0.1, -0.05) is 11.6 Å². The summed E-state index contributed by atoms with van der Waals surface area (Å²) in [4.78, 5) is 37.4. The van der Waals surface area contributed by atoms with Crippen molar-refractivity contribution >= 4 is 46.6 Å². The second-order valence-electron chi connectivity index (χ2n) is 5.03. The second-order valence-corrected chi connectivity index (χ2v) is 6.43. The average molecular weight is 386 g/mol. The largest absolute Gasteiger partial charge is 0.503 e. The first-order valence-electron chi connectivity index (χ1n) is 7.30. The topological polar surface area (TPSA) is 93.1 Å². The zero-order chi connectivity index (χ0) is 18.7. The van der Waals surface area contributed by atoms with Gasteiger partial charge in [-0.3, -0.25) is 14.5 Å². The van der Waals surface area contributed by atoms with Crippen LogP contribution in [0.3, 0.4) is 0 Å². The third-order valence-corrected chi connectivity index (χ3v) is 4.58. The minimum Gasteiger partial charge on any atom is -0.503 e. The van der Waals surface area contributed by atoms with Crippen LogP contribution in [0.5, 0.6) is 11.5 Å². The van der Waals surface area contributed by atoms with Gasteiger partial charge in [0.1, 0.15) is 6.04 Å². The zero-order valence-corrected chi connectivity index (χ0v) is 15.3. The highest BCUT2D eigenvalue weighted by Crippen LogP contribution is 2.38. The maximum absolute atomic E-state index is 12.5. The Hall–Kier alpha value is -2.19. The quantitative estimate of drug-likeness (QED) is 0.615. The first-order valence-corrected chi connectivity index (χ1v) is 8.49. The minimum atomic E-state index is -1.02. The van der Waals surface area contributed by atoms with Crippen LogP contribution >= 0.6 is 23.4 Å². The van der Waals surface area contributed by atoms with Crippen molar-refractivity contribution in [2.24, 2.45) is 0 Å². The lowest BCUT2D eigenvalue weighted by Gasteiger charge is -2.19. The molecular formula is C16H16ClNO6S. The molecule has 0 aromatic heterocycles. The van der Waals surface area contributed by atoms with E-state index in [1.54, 1.807) is 6.92 Å². The number of halogens is 1. The van der Waals surface area contributed by atoms with Gasteiger partial charge in [0.15, 0.2) is 11.5 Å². The van der Waals surface area contributed by atoms with Gasteiger partial charge in [0, 0.05) is 0 Å². The molecular weight excluding hydrogens is 370 g/mol. The highest BCUT2D eigenvalue weighted by atomic mass is 35.5. The first-order chi connectivity index (χ1) is 11.8.